The van der Waals surface area contributed by atoms with E-state index in [9.17, 15) is 14.7 Å². The van der Waals surface area contributed by atoms with Crippen LogP contribution < -0.4 is 25.7 Å². The summed E-state index contributed by atoms with van der Waals surface area (Å²) in [5.74, 6) is 1.05. The van der Waals surface area contributed by atoms with E-state index in [-0.39, 0.29) is 17.9 Å². The van der Waals surface area contributed by atoms with Gasteiger partial charge in [-0.2, -0.15) is 0 Å². The first kappa shape index (κ1) is 19.1. The van der Waals surface area contributed by atoms with Crippen molar-refractivity contribution in [1.29, 1.82) is 0 Å². The van der Waals surface area contributed by atoms with Crippen LogP contribution in [0.25, 0.3) is 0 Å². The Balaban J connectivity index is 1.85. The average molecular weight is 362 g/mol. The van der Waals surface area contributed by atoms with Gasteiger partial charge in [0.2, 0.25) is 5.75 Å². The molecule has 0 radical (unpaired) electrons. The molecule has 0 spiro atoms. The summed E-state index contributed by atoms with van der Waals surface area (Å²) in [4.78, 5) is 30.1. The molecule has 0 saturated carbocycles. The number of rotatable bonds is 7. The van der Waals surface area contributed by atoms with Crippen LogP contribution in [-0.4, -0.2) is 41.9 Å². The van der Waals surface area contributed by atoms with E-state index in [1.807, 2.05) is 0 Å². The maximum absolute atomic E-state index is 11.8. The molecule has 0 aliphatic heterocycles. The summed E-state index contributed by atoms with van der Waals surface area (Å²) in [6, 6.07) is 2.95. The molecule has 0 saturated heterocycles. The SMILES string of the molecule is COc1cc(CCNC(=O)NCc2cnc(C)[nH]c2=O)cc(OC)c1O. The van der Waals surface area contributed by atoms with Gasteiger partial charge in [-0.05, 0) is 31.0 Å². The number of carbonyl (C=O) groups is 1. The molecular weight excluding hydrogens is 340 g/mol. The predicted molar refractivity (Wildman–Crippen MR) is 94.7 cm³/mol. The van der Waals surface area contributed by atoms with E-state index in [2.05, 4.69) is 20.6 Å². The summed E-state index contributed by atoms with van der Waals surface area (Å²) < 4.78 is 10.2. The Morgan fingerprint density at radius 1 is 1.23 bits per heavy atom. The fourth-order valence-corrected chi connectivity index (χ4v) is 2.29. The minimum atomic E-state index is -0.400. The molecule has 0 aliphatic carbocycles. The summed E-state index contributed by atoms with van der Waals surface area (Å²) >= 11 is 0. The zero-order valence-corrected chi connectivity index (χ0v) is 14.9. The molecule has 9 heteroatoms. The number of urea groups is 1. The van der Waals surface area contributed by atoms with Gasteiger partial charge in [-0.15, -0.1) is 0 Å². The van der Waals surface area contributed by atoms with E-state index in [0.29, 0.717) is 35.9 Å². The zero-order valence-electron chi connectivity index (χ0n) is 14.9. The molecule has 140 valence electrons. The lowest BCUT2D eigenvalue weighted by molar-refractivity contribution is 0.240. The van der Waals surface area contributed by atoms with Crippen LogP contribution in [0.5, 0.6) is 17.2 Å². The highest BCUT2D eigenvalue weighted by Gasteiger charge is 2.11. The van der Waals surface area contributed by atoms with Crippen molar-refractivity contribution in [3.05, 3.63) is 45.6 Å². The van der Waals surface area contributed by atoms with E-state index in [0.717, 1.165) is 5.56 Å². The Hall–Kier alpha value is -3.23. The molecule has 0 unspecified atom stereocenters. The number of amides is 2. The van der Waals surface area contributed by atoms with Crippen molar-refractivity contribution in [1.82, 2.24) is 20.6 Å². The highest BCUT2D eigenvalue weighted by Crippen LogP contribution is 2.37. The van der Waals surface area contributed by atoms with Gasteiger partial charge in [0.05, 0.1) is 26.3 Å². The summed E-state index contributed by atoms with van der Waals surface area (Å²) in [5, 5.41) is 15.2. The molecule has 0 aliphatic rings. The van der Waals surface area contributed by atoms with Gasteiger partial charge < -0.3 is 30.2 Å². The third-order valence-electron chi connectivity index (χ3n) is 3.68. The number of nitrogens with one attached hydrogen (secondary N) is 3. The Kier molecular flexibility index (Phi) is 6.42. The lowest BCUT2D eigenvalue weighted by Crippen LogP contribution is -2.37. The summed E-state index contributed by atoms with van der Waals surface area (Å²) in [5.41, 5.74) is 0.927. The van der Waals surface area contributed by atoms with Crippen molar-refractivity contribution in [2.45, 2.75) is 19.9 Å². The van der Waals surface area contributed by atoms with Crippen LogP contribution in [0.4, 0.5) is 4.79 Å². The Labute approximate surface area is 150 Å². The second-order valence-corrected chi connectivity index (χ2v) is 5.53. The number of methoxy groups -OCH3 is 2. The molecule has 2 amide bonds. The molecule has 9 nitrogen and oxygen atoms in total. The third kappa shape index (κ3) is 4.88. The maximum Gasteiger partial charge on any atom is 0.315 e. The van der Waals surface area contributed by atoms with Gasteiger partial charge in [-0.25, -0.2) is 9.78 Å². The fraction of sp³-hybridized carbons (Fsp3) is 0.353. The Morgan fingerprint density at radius 2 is 1.88 bits per heavy atom. The topological polar surface area (TPSA) is 126 Å². The summed E-state index contributed by atoms with van der Waals surface area (Å²) in [7, 11) is 2.90. The smallest absolute Gasteiger partial charge is 0.315 e. The maximum atomic E-state index is 11.8. The minimum Gasteiger partial charge on any atom is -0.502 e. The molecule has 0 atom stereocenters. The molecular formula is C17H22N4O5. The summed E-state index contributed by atoms with van der Waals surface area (Å²) in [6.07, 6.45) is 1.94. The molecule has 1 heterocycles. The first-order valence-electron chi connectivity index (χ1n) is 7.95. The second kappa shape index (κ2) is 8.75. The molecule has 0 fully saturated rings. The number of nitrogens with zero attached hydrogens (tertiary/aromatic N) is 1. The van der Waals surface area contributed by atoms with Crippen LogP contribution in [-0.2, 0) is 13.0 Å². The number of H-pyrrole nitrogens is 1. The average Bonchev–Trinajstić information content (AvgIpc) is 2.62. The predicted octanol–water partition coefficient (Wildman–Crippen LogP) is 0.843. The lowest BCUT2D eigenvalue weighted by Gasteiger charge is -2.12. The van der Waals surface area contributed by atoms with Crippen molar-refractivity contribution >= 4 is 6.03 Å². The van der Waals surface area contributed by atoms with E-state index in [1.165, 1.54) is 20.4 Å². The van der Waals surface area contributed by atoms with Crippen molar-refractivity contribution in [2.24, 2.45) is 0 Å². The molecule has 26 heavy (non-hydrogen) atoms. The molecule has 2 rings (SSSR count). The largest absolute Gasteiger partial charge is 0.502 e. The number of aryl methyl sites for hydroxylation is 1. The quantitative estimate of drug-likeness (QED) is 0.578. The van der Waals surface area contributed by atoms with Crippen molar-refractivity contribution in [3.8, 4) is 17.2 Å². The van der Waals surface area contributed by atoms with Crippen LogP contribution in [0, 0.1) is 6.92 Å². The molecule has 4 N–H and O–H groups in total. The fourth-order valence-electron chi connectivity index (χ4n) is 2.29. The zero-order chi connectivity index (χ0) is 19.1. The third-order valence-corrected chi connectivity index (χ3v) is 3.68. The lowest BCUT2D eigenvalue weighted by atomic mass is 10.1. The second-order valence-electron chi connectivity index (χ2n) is 5.53. The van der Waals surface area contributed by atoms with Gasteiger partial charge in [0.1, 0.15) is 5.82 Å². The number of benzene rings is 1. The number of hydrogen-bond donors (Lipinski definition) is 4. The van der Waals surface area contributed by atoms with Gasteiger partial charge in [-0.1, -0.05) is 0 Å². The van der Waals surface area contributed by atoms with Crippen LogP contribution >= 0.6 is 0 Å². The van der Waals surface area contributed by atoms with Gasteiger partial charge in [0.15, 0.2) is 11.5 Å². The number of ether oxygens (including phenoxy) is 2. The summed E-state index contributed by atoms with van der Waals surface area (Å²) in [6.45, 7) is 2.11. The number of phenols is 1. The van der Waals surface area contributed by atoms with Gasteiger partial charge in [0.25, 0.3) is 5.56 Å². The van der Waals surface area contributed by atoms with Crippen molar-refractivity contribution < 1.29 is 19.4 Å². The highest BCUT2D eigenvalue weighted by molar-refractivity contribution is 5.73. The minimum absolute atomic E-state index is 0.0682. The Bertz CT molecular complexity index is 809. The molecule has 1 aromatic carbocycles. The molecule has 1 aromatic heterocycles. The number of phenolic OH excluding ortho intramolecular Hbond substituents is 1. The van der Waals surface area contributed by atoms with Crippen molar-refractivity contribution in [3.63, 3.8) is 0 Å². The van der Waals surface area contributed by atoms with E-state index in [1.54, 1.807) is 19.1 Å². The number of aromatic hydroxyl groups is 1. The Morgan fingerprint density at radius 3 is 2.46 bits per heavy atom. The van der Waals surface area contributed by atoms with Gasteiger partial charge >= 0.3 is 6.03 Å². The first-order valence-corrected chi connectivity index (χ1v) is 7.95. The number of hydrogen-bond acceptors (Lipinski definition) is 6. The number of aromatic nitrogens is 2. The van der Waals surface area contributed by atoms with Crippen LogP contribution in [0.1, 0.15) is 17.0 Å². The standard InChI is InChI=1S/C17H22N4O5/c1-10-19-8-12(16(23)21-10)9-20-17(24)18-5-4-11-6-13(25-2)15(22)14(7-11)26-3/h6-8,22H,4-5,9H2,1-3H3,(H2,18,20,24)(H,19,21,23). The number of carbonyl (C=O) groups excluding carboxylic acids is 1. The normalized spacial score (nSPS) is 10.3. The highest BCUT2D eigenvalue weighted by atomic mass is 16.5. The first-order chi connectivity index (χ1) is 12.4. The molecule has 2 aromatic rings. The number of aromatic amines is 1. The van der Waals surface area contributed by atoms with Crippen LogP contribution in [0.2, 0.25) is 0 Å². The molecule has 0 bridgehead atoms. The van der Waals surface area contributed by atoms with Gasteiger partial charge in [-0.3, -0.25) is 4.79 Å². The van der Waals surface area contributed by atoms with Crippen LogP contribution in [0.3, 0.4) is 0 Å². The van der Waals surface area contributed by atoms with E-state index >= 15 is 0 Å². The van der Waals surface area contributed by atoms with Gasteiger partial charge in [0, 0.05) is 12.7 Å². The monoisotopic (exact) mass is 362 g/mol. The van der Waals surface area contributed by atoms with Crippen LogP contribution in [0.15, 0.2) is 23.1 Å². The van der Waals surface area contributed by atoms with E-state index < -0.39 is 6.03 Å². The van der Waals surface area contributed by atoms with Crippen molar-refractivity contribution in [2.75, 3.05) is 20.8 Å². The van der Waals surface area contributed by atoms with E-state index in [4.69, 9.17) is 9.47 Å².